The van der Waals surface area contributed by atoms with E-state index in [4.69, 9.17) is 21.1 Å². The summed E-state index contributed by atoms with van der Waals surface area (Å²) in [4.78, 5) is 37.3. The normalized spacial score (nSPS) is 28.5. The number of amides is 3. The van der Waals surface area contributed by atoms with Gasteiger partial charge in [-0.2, -0.15) is 0 Å². The van der Waals surface area contributed by atoms with E-state index in [1.165, 1.54) is 29.7 Å². The fraction of sp³-hybridized carbons (Fsp3) is 0.459. The summed E-state index contributed by atoms with van der Waals surface area (Å²) in [7, 11) is -1.74. The highest BCUT2D eigenvalue weighted by molar-refractivity contribution is 7.92. The first-order valence-electron chi connectivity index (χ1n) is 17.3. The highest BCUT2D eigenvalue weighted by Crippen LogP contribution is 2.47. The summed E-state index contributed by atoms with van der Waals surface area (Å²) in [6.07, 6.45) is 14.9. The average molecular weight is 719 g/mol. The molecule has 2 aromatic carbocycles. The predicted octanol–water partition coefficient (Wildman–Crippen LogP) is 6.02. The number of fused-ring (bicyclic) bond motifs is 4. The first-order chi connectivity index (χ1) is 24.2. The van der Waals surface area contributed by atoms with E-state index in [9.17, 15) is 13.8 Å². The molecule has 2 bridgehead atoms. The number of aromatic nitrogens is 2. The molecule has 2 aliphatic carbocycles. The number of methoxy groups -OCH3 is 1. The van der Waals surface area contributed by atoms with E-state index in [-0.39, 0.29) is 29.4 Å². The van der Waals surface area contributed by atoms with Gasteiger partial charge in [0.2, 0.25) is 0 Å². The number of halogens is 1. The van der Waals surface area contributed by atoms with Crippen LogP contribution in [-0.4, -0.2) is 64.8 Å². The Kier molecular flexibility index (Phi) is 10.1. The van der Waals surface area contributed by atoms with Gasteiger partial charge in [-0.15, -0.1) is 4.36 Å². The van der Waals surface area contributed by atoms with E-state index in [0.717, 1.165) is 49.4 Å². The molecule has 1 aromatic heterocycles. The van der Waals surface area contributed by atoms with Gasteiger partial charge in [-0.1, -0.05) is 29.8 Å². The fourth-order valence-corrected chi connectivity index (χ4v) is 9.61. The molecular formula is C37H43ClN6O5S. The Bertz CT molecular complexity index is 1900. The van der Waals surface area contributed by atoms with E-state index in [2.05, 4.69) is 47.5 Å². The number of benzene rings is 2. The minimum Gasteiger partial charge on any atom is -0.490 e. The minimum atomic E-state index is -3.49. The maximum Gasteiger partial charge on any atom is 0.327 e. The first kappa shape index (κ1) is 34.4. The zero-order valence-corrected chi connectivity index (χ0v) is 29.8. The number of carbonyl (C=O) groups excluding carboxylic acids is 2. The molecule has 5 atom stereocenters. The molecule has 0 radical (unpaired) electrons. The molecule has 3 amide bonds. The molecule has 3 aromatic rings. The monoisotopic (exact) mass is 718 g/mol. The highest BCUT2D eigenvalue weighted by atomic mass is 35.5. The Balaban J connectivity index is 1.24. The van der Waals surface area contributed by atoms with Crippen LogP contribution in [-0.2, 0) is 33.0 Å². The quantitative estimate of drug-likeness (QED) is 0.313. The Labute approximate surface area is 298 Å². The second-order valence-electron chi connectivity index (χ2n) is 13.8. The third kappa shape index (κ3) is 7.38. The molecule has 13 heteroatoms. The van der Waals surface area contributed by atoms with Crippen LogP contribution < -0.4 is 19.7 Å². The summed E-state index contributed by atoms with van der Waals surface area (Å²) >= 11 is 6.44. The molecule has 1 spiro atoms. The Morgan fingerprint density at radius 1 is 1.18 bits per heavy atom. The fourth-order valence-electron chi connectivity index (χ4n) is 7.89. The summed E-state index contributed by atoms with van der Waals surface area (Å²) in [5.41, 5.74) is 3.90. The van der Waals surface area contributed by atoms with Gasteiger partial charge in [-0.25, -0.2) is 9.00 Å². The first-order valence-corrected chi connectivity index (χ1v) is 19.4. The number of urea groups is 1. The maximum atomic E-state index is 14.2. The standard InChI is InChI=1S/C37H43ClN6O5S/c1-48-33-7-3-2-4-17-50(47,43-36(46)41-21-29-20-39-15-16-40-29)42-35(45)26-9-13-34-32(19-26)44(22-27-8-11-30(27)33)23-37(24-49-34)14-5-6-25-18-28(38)10-12-31(25)37/h3,7,9-10,12-13,15-16,18-20,27,30,33H,2,4-6,8,11,14,17,21-24H2,1H3,(H2,41,42,43,45,46,47)/b7-3+/t27-,30+,33-,37-,50?/m0/s1. The molecule has 1 saturated carbocycles. The molecule has 11 nitrogen and oxygen atoms in total. The van der Waals surface area contributed by atoms with E-state index in [1.54, 1.807) is 13.2 Å². The van der Waals surface area contributed by atoms with Gasteiger partial charge >= 0.3 is 6.03 Å². The smallest absolute Gasteiger partial charge is 0.327 e. The molecule has 1 unspecified atom stereocenters. The average Bonchev–Trinajstić information content (AvgIpc) is 3.25. The van der Waals surface area contributed by atoms with Crippen LogP contribution in [0.15, 0.2) is 71.5 Å². The lowest BCUT2D eigenvalue weighted by molar-refractivity contribution is 0.0132. The molecule has 2 N–H and O–H groups in total. The largest absolute Gasteiger partial charge is 0.490 e. The number of ether oxygens (including phenoxy) is 2. The number of anilines is 1. The van der Waals surface area contributed by atoms with Gasteiger partial charge in [-0.3, -0.25) is 19.5 Å². The summed E-state index contributed by atoms with van der Waals surface area (Å²) in [5.74, 6) is 0.765. The van der Waals surface area contributed by atoms with Crippen molar-refractivity contribution in [2.45, 2.75) is 63.0 Å². The van der Waals surface area contributed by atoms with Crippen molar-refractivity contribution in [2.75, 3.05) is 37.5 Å². The molecule has 0 saturated heterocycles. The van der Waals surface area contributed by atoms with Crippen LogP contribution in [0.4, 0.5) is 10.5 Å². The number of nitrogens with one attached hydrogen (secondary N) is 2. The molecule has 2 aliphatic heterocycles. The Hall–Kier alpha value is -4.00. The number of hydrogen-bond acceptors (Lipinski definition) is 8. The van der Waals surface area contributed by atoms with Crippen LogP contribution in [0.5, 0.6) is 5.75 Å². The molecule has 7 rings (SSSR count). The summed E-state index contributed by atoms with van der Waals surface area (Å²) in [5, 5.41) is 3.39. The number of hydrogen-bond donors (Lipinski definition) is 2. The molecule has 264 valence electrons. The zero-order valence-electron chi connectivity index (χ0n) is 28.2. The molecule has 50 heavy (non-hydrogen) atoms. The van der Waals surface area contributed by atoms with Crippen LogP contribution in [0.25, 0.3) is 0 Å². The van der Waals surface area contributed by atoms with Crippen molar-refractivity contribution in [2.24, 2.45) is 16.2 Å². The summed E-state index contributed by atoms with van der Waals surface area (Å²) in [6, 6.07) is 10.8. The lowest BCUT2D eigenvalue weighted by atomic mass is 9.68. The molecule has 3 heterocycles. The van der Waals surface area contributed by atoms with Crippen molar-refractivity contribution < 1.29 is 23.3 Å². The second kappa shape index (κ2) is 14.7. The lowest BCUT2D eigenvalue weighted by Gasteiger charge is -2.46. The SMILES string of the molecule is CO[C@H]1/C=C/CCCS(=O)(NC(=O)NCc2cnccn2)=NC(=O)c2ccc3c(c2)N(C[C@@H]2CC[C@H]21)C[C@@]1(CCCc2cc(Cl)ccc21)CO3. The highest BCUT2D eigenvalue weighted by Gasteiger charge is 2.44. The molecule has 1 fully saturated rings. The van der Waals surface area contributed by atoms with Crippen LogP contribution in [0, 0.1) is 11.8 Å². The van der Waals surface area contributed by atoms with Gasteiger partial charge in [-0.05, 0) is 98.2 Å². The van der Waals surface area contributed by atoms with Crippen LogP contribution >= 0.6 is 11.6 Å². The Morgan fingerprint density at radius 3 is 2.88 bits per heavy atom. The van der Waals surface area contributed by atoms with Crippen molar-refractivity contribution in [3.8, 4) is 5.75 Å². The van der Waals surface area contributed by atoms with Crippen molar-refractivity contribution in [1.29, 1.82) is 0 Å². The van der Waals surface area contributed by atoms with Gasteiger partial charge in [0.15, 0.2) is 0 Å². The van der Waals surface area contributed by atoms with Gasteiger partial charge in [0, 0.05) is 48.6 Å². The van der Waals surface area contributed by atoms with Gasteiger partial charge in [0.05, 0.1) is 42.6 Å². The van der Waals surface area contributed by atoms with E-state index in [1.807, 2.05) is 24.3 Å². The van der Waals surface area contributed by atoms with Crippen molar-refractivity contribution >= 4 is 39.1 Å². The molecular weight excluding hydrogens is 676 g/mol. The van der Waals surface area contributed by atoms with Crippen molar-refractivity contribution in [3.63, 3.8) is 0 Å². The van der Waals surface area contributed by atoms with E-state index in [0.29, 0.717) is 49.3 Å². The third-order valence-corrected chi connectivity index (χ3v) is 12.6. The lowest BCUT2D eigenvalue weighted by Crippen LogP contribution is -2.49. The number of nitrogens with zero attached hydrogens (tertiary/aromatic N) is 4. The maximum absolute atomic E-state index is 14.2. The van der Waals surface area contributed by atoms with E-state index < -0.39 is 21.9 Å². The third-order valence-electron chi connectivity index (χ3n) is 10.6. The second-order valence-corrected chi connectivity index (χ2v) is 16.3. The van der Waals surface area contributed by atoms with Crippen LogP contribution in [0.3, 0.4) is 0 Å². The number of aryl methyl sites for hydroxylation is 1. The summed E-state index contributed by atoms with van der Waals surface area (Å²) in [6.45, 7) is 2.07. The zero-order chi connectivity index (χ0) is 34.7. The van der Waals surface area contributed by atoms with Crippen molar-refractivity contribution in [3.05, 3.63) is 94.5 Å². The predicted molar refractivity (Wildman–Crippen MR) is 193 cm³/mol. The van der Waals surface area contributed by atoms with E-state index >= 15 is 0 Å². The minimum absolute atomic E-state index is 0.00251. The van der Waals surface area contributed by atoms with Crippen molar-refractivity contribution in [1.82, 2.24) is 20.0 Å². The topological polar surface area (TPSA) is 135 Å². The number of rotatable bonds is 4. The van der Waals surface area contributed by atoms with Crippen LogP contribution in [0.1, 0.15) is 65.7 Å². The van der Waals surface area contributed by atoms with Gasteiger partial charge in [0.1, 0.15) is 15.7 Å². The number of carbonyl (C=O) groups is 2. The summed E-state index contributed by atoms with van der Waals surface area (Å²) < 4.78 is 33.5. The Morgan fingerprint density at radius 2 is 2.08 bits per heavy atom. The van der Waals surface area contributed by atoms with Gasteiger partial charge < -0.3 is 19.7 Å². The van der Waals surface area contributed by atoms with Gasteiger partial charge in [0.25, 0.3) is 5.91 Å². The molecule has 4 aliphatic rings. The number of allylic oxidation sites excluding steroid dienone is 1. The van der Waals surface area contributed by atoms with Crippen LogP contribution in [0.2, 0.25) is 5.02 Å².